The van der Waals surface area contributed by atoms with Crippen molar-refractivity contribution in [3.05, 3.63) is 79.9 Å². The van der Waals surface area contributed by atoms with Crippen molar-refractivity contribution in [1.82, 2.24) is 0 Å². The van der Waals surface area contributed by atoms with E-state index in [1.165, 1.54) is 13.0 Å². The first kappa shape index (κ1) is 14.6. The molecule has 1 aliphatic rings. The van der Waals surface area contributed by atoms with Gasteiger partial charge in [-0.25, -0.2) is 10.1 Å². The lowest BCUT2D eigenvalue weighted by molar-refractivity contribution is -0.504. The first-order valence-electron chi connectivity index (χ1n) is 6.70. The van der Waals surface area contributed by atoms with Crippen molar-refractivity contribution < 1.29 is 14.8 Å². The van der Waals surface area contributed by atoms with Gasteiger partial charge in [0.2, 0.25) is 5.78 Å². The van der Waals surface area contributed by atoms with E-state index in [0.717, 1.165) is 17.1 Å². The highest BCUT2D eigenvalue weighted by Gasteiger charge is 2.56. The number of nitro groups is 2. The summed E-state index contributed by atoms with van der Waals surface area (Å²) in [5, 5.41) is 22.6. The molecule has 2 aromatic rings. The molecule has 0 aromatic heterocycles. The van der Waals surface area contributed by atoms with Crippen LogP contribution in [0.5, 0.6) is 0 Å². The van der Waals surface area contributed by atoms with Gasteiger partial charge < -0.3 is 0 Å². The van der Waals surface area contributed by atoms with Gasteiger partial charge in [0.1, 0.15) is 5.69 Å². The standard InChI is InChI=1S/C15H11N3O5/c1-15(10-5-3-2-4-6-10)14(19)12-9-11(17(20)21)7-8-13(12)16(15)18(22)23/h2-9H,1H3. The van der Waals surface area contributed by atoms with Gasteiger partial charge in [-0.1, -0.05) is 35.3 Å². The number of nitro benzene ring substituents is 1. The van der Waals surface area contributed by atoms with Crippen molar-refractivity contribution >= 4 is 17.2 Å². The number of Topliss-reactive ketones (excluding diaryl/α,β-unsaturated/α-hetero) is 1. The van der Waals surface area contributed by atoms with Crippen molar-refractivity contribution in [2.75, 3.05) is 5.01 Å². The predicted molar refractivity (Wildman–Crippen MR) is 80.7 cm³/mol. The van der Waals surface area contributed by atoms with Gasteiger partial charge in [0.05, 0.1) is 10.5 Å². The molecule has 3 rings (SSSR count). The van der Waals surface area contributed by atoms with Crippen LogP contribution >= 0.6 is 0 Å². The van der Waals surface area contributed by atoms with E-state index in [2.05, 4.69) is 0 Å². The Labute approximate surface area is 130 Å². The van der Waals surface area contributed by atoms with Crippen LogP contribution in [0.4, 0.5) is 11.4 Å². The Hall–Kier alpha value is -3.29. The minimum absolute atomic E-state index is 0.0257. The number of hydrogen-bond acceptors (Lipinski definition) is 5. The molecule has 0 aliphatic carbocycles. The molecular weight excluding hydrogens is 302 g/mol. The Morgan fingerprint density at radius 3 is 2.26 bits per heavy atom. The number of carbonyl (C=O) groups is 1. The van der Waals surface area contributed by atoms with Gasteiger partial charge in [-0.05, 0) is 18.6 Å². The zero-order valence-electron chi connectivity index (χ0n) is 12.0. The zero-order valence-corrected chi connectivity index (χ0v) is 12.0. The van der Waals surface area contributed by atoms with Crippen LogP contribution < -0.4 is 5.01 Å². The highest BCUT2D eigenvalue weighted by molar-refractivity contribution is 6.13. The molecule has 0 N–H and O–H groups in total. The summed E-state index contributed by atoms with van der Waals surface area (Å²) < 4.78 is 0. The second-order valence-corrected chi connectivity index (χ2v) is 5.28. The van der Waals surface area contributed by atoms with E-state index >= 15 is 0 Å². The SMILES string of the molecule is CC1(c2ccccc2)C(=O)c2cc([N+](=O)[O-])ccc2N1[N+](=O)[O-]. The van der Waals surface area contributed by atoms with Crippen molar-refractivity contribution in [3.8, 4) is 0 Å². The van der Waals surface area contributed by atoms with Gasteiger partial charge in [0.15, 0.2) is 10.6 Å². The topological polar surface area (TPSA) is 107 Å². The number of ketones is 1. The monoisotopic (exact) mass is 313 g/mol. The maximum absolute atomic E-state index is 12.8. The van der Waals surface area contributed by atoms with Gasteiger partial charge in [0, 0.05) is 12.1 Å². The molecule has 116 valence electrons. The Morgan fingerprint density at radius 2 is 1.70 bits per heavy atom. The minimum atomic E-state index is -1.55. The highest BCUT2D eigenvalue weighted by Crippen LogP contribution is 2.45. The van der Waals surface area contributed by atoms with E-state index in [-0.39, 0.29) is 16.9 Å². The van der Waals surface area contributed by atoms with Gasteiger partial charge >= 0.3 is 0 Å². The third-order valence-electron chi connectivity index (χ3n) is 4.03. The highest BCUT2D eigenvalue weighted by atomic mass is 16.7. The molecule has 8 nitrogen and oxygen atoms in total. The van der Waals surface area contributed by atoms with Crippen LogP contribution in [0.2, 0.25) is 0 Å². The molecule has 1 aliphatic heterocycles. The molecule has 1 unspecified atom stereocenters. The van der Waals surface area contributed by atoms with Crippen molar-refractivity contribution in [1.29, 1.82) is 0 Å². The molecule has 0 bridgehead atoms. The Bertz CT molecular complexity index is 836. The van der Waals surface area contributed by atoms with Gasteiger partial charge in [-0.15, -0.1) is 0 Å². The summed E-state index contributed by atoms with van der Waals surface area (Å²) in [4.78, 5) is 34.7. The quantitative estimate of drug-likeness (QED) is 0.637. The number of nitrogens with zero attached hydrogens (tertiary/aromatic N) is 3. The van der Waals surface area contributed by atoms with Crippen LogP contribution in [0.3, 0.4) is 0 Å². The van der Waals surface area contributed by atoms with Crippen LogP contribution in [-0.2, 0) is 5.54 Å². The average molecular weight is 313 g/mol. The molecule has 1 heterocycles. The first-order chi connectivity index (χ1) is 10.9. The molecule has 0 saturated heterocycles. The summed E-state index contributed by atoms with van der Waals surface area (Å²) >= 11 is 0. The van der Waals surface area contributed by atoms with Gasteiger partial charge in [-0.2, -0.15) is 0 Å². The van der Waals surface area contributed by atoms with E-state index in [1.807, 2.05) is 0 Å². The van der Waals surface area contributed by atoms with Crippen LogP contribution in [0, 0.1) is 20.2 Å². The smallest absolute Gasteiger partial charge is 0.270 e. The normalized spacial score (nSPS) is 19.5. The summed E-state index contributed by atoms with van der Waals surface area (Å²) in [6, 6.07) is 11.8. The van der Waals surface area contributed by atoms with E-state index in [1.54, 1.807) is 30.3 Å². The summed E-state index contributed by atoms with van der Waals surface area (Å²) in [7, 11) is 0. The van der Waals surface area contributed by atoms with E-state index in [4.69, 9.17) is 0 Å². The van der Waals surface area contributed by atoms with Crippen molar-refractivity contribution in [3.63, 3.8) is 0 Å². The first-order valence-corrected chi connectivity index (χ1v) is 6.70. The van der Waals surface area contributed by atoms with Gasteiger partial charge in [-0.3, -0.25) is 14.9 Å². The Balaban J connectivity index is 2.25. The average Bonchev–Trinajstić information content (AvgIpc) is 2.77. The summed E-state index contributed by atoms with van der Waals surface area (Å²) in [5.74, 6) is -0.542. The number of benzene rings is 2. The minimum Gasteiger partial charge on any atom is -0.291 e. The molecule has 8 heteroatoms. The maximum Gasteiger partial charge on any atom is 0.270 e. The Morgan fingerprint density at radius 1 is 1.04 bits per heavy atom. The lowest BCUT2D eigenvalue weighted by Crippen LogP contribution is -2.48. The maximum atomic E-state index is 12.8. The number of hydrazine groups is 1. The van der Waals surface area contributed by atoms with Crippen molar-refractivity contribution in [2.45, 2.75) is 12.5 Å². The molecular formula is C15H11N3O5. The third-order valence-corrected chi connectivity index (χ3v) is 4.03. The summed E-state index contributed by atoms with van der Waals surface area (Å²) in [6.45, 7) is 1.44. The Kier molecular flexibility index (Phi) is 3.10. The molecule has 0 amide bonds. The summed E-state index contributed by atoms with van der Waals surface area (Å²) in [6.07, 6.45) is 0. The second kappa shape index (κ2) is 4.87. The lowest BCUT2D eigenvalue weighted by atomic mass is 9.87. The van der Waals surface area contributed by atoms with Crippen LogP contribution in [0.15, 0.2) is 48.5 Å². The second-order valence-electron chi connectivity index (χ2n) is 5.28. The predicted octanol–water partition coefficient (Wildman–Crippen LogP) is 2.70. The van der Waals surface area contributed by atoms with E-state index < -0.39 is 21.3 Å². The third kappa shape index (κ3) is 1.95. The molecule has 1 atom stereocenters. The fourth-order valence-corrected chi connectivity index (χ4v) is 2.87. The zero-order chi connectivity index (χ0) is 16.8. The van der Waals surface area contributed by atoms with Crippen LogP contribution in [-0.4, -0.2) is 15.7 Å². The molecule has 0 saturated carbocycles. The van der Waals surface area contributed by atoms with E-state index in [0.29, 0.717) is 5.56 Å². The molecule has 0 radical (unpaired) electrons. The number of rotatable bonds is 3. The van der Waals surface area contributed by atoms with Gasteiger partial charge in [0.25, 0.3) is 5.69 Å². The lowest BCUT2D eigenvalue weighted by Gasteiger charge is -2.27. The number of fused-ring (bicyclic) bond motifs is 1. The number of non-ortho nitro benzene ring substituents is 1. The molecule has 23 heavy (non-hydrogen) atoms. The van der Waals surface area contributed by atoms with Crippen molar-refractivity contribution in [2.24, 2.45) is 0 Å². The largest absolute Gasteiger partial charge is 0.291 e. The summed E-state index contributed by atoms with van der Waals surface area (Å²) in [5.41, 5.74) is -1.36. The number of anilines is 1. The van der Waals surface area contributed by atoms with E-state index in [9.17, 15) is 25.0 Å². The molecule has 0 fully saturated rings. The van der Waals surface area contributed by atoms with Crippen LogP contribution in [0.25, 0.3) is 0 Å². The molecule has 0 spiro atoms. The number of carbonyl (C=O) groups excluding carboxylic acids is 1. The van der Waals surface area contributed by atoms with Crippen LogP contribution in [0.1, 0.15) is 22.8 Å². The number of hydrogen-bond donors (Lipinski definition) is 0. The molecule has 2 aromatic carbocycles. The fourth-order valence-electron chi connectivity index (χ4n) is 2.87. The fraction of sp³-hybridized carbons (Fsp3) is 0.133.